The van der Waals surface area contributed by atoms with Crippen molar-refractivity contribution >= 4 is 5.97 Å². The number of rotatable bonds is 7. The quantitative estimate of drug-likeness (QED) is 0.459. The fourth-order valence-electron chi connectivity index (χ4n) is 0.900. The van der Waals surface area contributed by atoms with Gasteiger partial charge in [-0.25, -0.2) is 4.79 Å². The predicted molar refractivity (Wildman–Crippen MR) is 61.8 cm³/mol. The summed E-state index contributed by atoms with van der Waals surface area (Å²) >= 11 is 0. The standard InChI is InChI=1S/C11H22N2O2/c1-10(2)11(14)15-9-8-13(5)7-6-12(3)4/h1,6-9H2,2-5H3. The van der Waals surface area contributed by atoms with Crippen LogP contribution in [0.5, 0.6) is 0 Å². The van der Waals surface area contributed by atoms with E-state index in [1.807, 2.05) is 21.1 Å². The summed E-state index contributed by atoms with van der Waals surface area (Å²) in [4.78, 5) is 15.3. The molecule has 0 amide bonds. The lowest BCUT2D eigenvalue weighted by atomic mass is 10.4. The topological polar surface area (TPSA) is 32.8 Å². The Hall–Kier alpha value is -0.870. The minimum atomic E-state index is -0.309. The molecule has 0 rings (SSSR count). The van der Waals surface area contributed by atoms with E-state index in [0.717, 1.165) is 19.6 Å². The van der Waals surface area contributed by atoms with E-state index in [-0.39, 0.29) is 5.97 Å². The minimum Gasteiger partial charge on any atom is -0.461 e. The van der Waals surface area contributed by atoms with Crippen LogP contribution in [0, 0.1) is 0 Å². The summed E-state index contributed by atoms with van der Waals surface area (Å²) in [6, 6.07) is 0. The molecule has 0 radical (unpaired) electrons. The first-order chi connectivity index (χ1) is 6.93. The second-order valence-corrected chi connectivity index (χ2v) is 4.02. The minimum absolute atomic E-state index is 0.309. The van der Waals surface area contributed by atoms with Gasteiger partial charge in [0.1, 0.15) is 6.61 Å². The Labute approximate surface area is 92.5 Å². The molecule has 0 aliphatic carbocycles. The van der Waals surface area contributed by atoms with Crippen molar-refractivity contribution < 1.29 is 9.53 Å². The molecule has 0 aliphatic rings. The molecule has 4 heteroatoms. The van der Waals surface area contributed by atoms with Crippen molar-refractivity contribution in [2.75, 3.05) is 47.4 Å². The van der Waals surface area contributed by atoms with Crippen molar-refractivity contribution in [3.63, 3.8) is 0 Å². The van der Waals surface area contributed by atoms with E-state index >= 15 is 0 Å². The van der Waals surface area contributed by atoms with E-state index in [9.17, 15) is 4.79 Å². The Bertz CT molecular complexity index is 215. The average molecular weight is 214 g/mol. The molecule has 0 aromatic rings. The van der Waals surface area contributed by atoms with Crippen molar-refractivity contribution in [1.82, 2.24) is 9.80 Å². The van der Waals surface area contributed by atoms with Crippen molar-refractivity contribution in [3.05, 3.63) is 12.2 Å². The predicted octanol–water partition coefficient (Wildman–Crippen LogP) is 0.599. The van der Waals surface area contributed by atoms with E-state index in [1.165, 1.54) is 0 Å². The van der Waals surface area contributed by atoms with Gasteiger partial charge in [-0.15, -0.1) is 0 Å². The zero-order valence-corrected chi connectivity index (χ0v) is 10.2. The first-order valence-electron chi connectivity index (χ1n) is 5.09. The monoisotopic (exact) mass is 214 g/mol. The highest BCUT2D eigenvalue weighted by molar-refractivity contribution is 5.86. The van der Waals surface area contributed by atoms with Gasteiger partial charge < -0.3 is 14.5 Å². The third-order valence-electron chi connectivity index (χ3n) is 1.98. The number of esters is 1. The Morgan fingerprint density at radius 1 is 1.20 bits per heavy atom. The number of hydrogen-bond acceptors (Lipinski definition) is 4. The first kappa shape index (κ1) is 14.1. The second kappa shape index (κ2) is 7.43. The van der Waals surface area contributed by atoms with Gasteiger partial charge in [-0.05, 0) is 28.1 Å². The smallest absolute Gasteiger partial charge is 0.333 e. The Morgan fingerprint density at radius 3 is 2.27 bits per heavy atom. The van der Waals surface area contributed by atoms with Crippen LogP contribution in [0.15, 0.2) is 12.2 Å². The van der Waals surface area contributed by atoms with Crippen LogP contribution in [0.2, 0.25) is 0 Å². The zero-order chi connectivity index (χ0) is 11.8. The molecule has 0 unspecified atom stereocenters. The van der Waals surface area contributed by atoms with Crippen molar-refractivity contribution in [1.29, 1.82) is 0 Å². The van der Waals surface area contributed by atoms with E-state index < -0.39 is 0 Å². The lowest BCUT2D eigenvalue weighted by molar-refractivity contribution is -0.139. The maximum Gasteiger partial charge on any atom is 0.333 e. The molecule has 0 aromatic carbocycles. The van der Waals surface area contributed by atoms with Gasteiger partial charge in [0, 0.05) is 25.2 Å². The van der Waals surface area contributed by atoms with Crippen molar-refractivity contribution in [2.24, 2.45) is 0 Å². The molecule has 88 valence electrons. The summed E-state index contributed by atoms with van der Waals surface area (Å²) in [5.74, 6) is -0.309. The Kier molecular flexibility index (Phi) is 6.99. The van der Waals surface area contributed by atoms with Gasteiger partial charge in [0.15, 0.2) is 0 Å². The highest BCUT2D eigenvalue weighted by atomic mass is 16.5. The number of nitrogens with zero attached hydrogens (tertiary/aromatic N) is 2. The van der Waals surface area contributed by atoms with Crippen molar-refractivity contribution in [3.8, 4) is 0 Å². The summed E-state index contributed by atoms with van der Waals surface area (Å²) in [7, 11) is 6.09. The lowest BCUT2D eigenvalue weighted by Crippen LogP contribution is -2.31. The summed E-state index contributed by atoms with van der Waals surface area (Å²) in [6.07, 6.45) is 0. The normalized spacial score (nSPS) is 10.8. The molecule has 0 N–H and O–H groups in total. The molecule has 0 aliphatic heterocycles. The molecule has 4 nitrogen and oxygen atoms in total. The number of likely N-dealkylation sites (N-methyl/N-ethyl adjacent to an activating group) is 2. The maximum atomic E-state index is 11.0. The number of ether oxygens (including phenoxy) is 1. The lowest BCUT2D eigenvalue weighted by Gasteiger charge is -2.18. The van der Waals surface area contributed by atoms with Crippen LogP contribution in [0.3, 0.4) is 0 Å². The van der Waals surface area contributed by atoms with E-state index in [2.05, 4.69) is 16.4 Å². The van der Waals surface area contributed by atoms with E-state index in [4.69, 9.17) is 4.74 Å². The molecule has 0 atom stereocenters. The van der Waals surface area contributed by atoms with Gasteiger partial charge in [-0.1, -0.05) is 6.58 Å². The third-order valence-corrected chi connectivity index (χ3v) is 1.98. The average Bonchev–Trinajstić information content (AvgIpc) is 2.14. The van der Waals surface area contributed by atoms with Gasteiger partial charge in [-0.3, -0.25) is 0 Å². The van der Waals surface area contributed by atoms with Crippen LogP contribution in [0.1, 0.15) is 6.92 Å². The number of hydrogen-bond donors (Lipinski definition) is 0. The molecule has 0 aromatic heterocycles. The van der Waals surface area contributed by atoms with Crippen LogP contribution in [-0.4, -0.2) is 63.2 Å². The fourth-order valence-corrected chi connectivity index (χ4v) is 0.900. The molecular formula is C11H22N2O2. The molecule has 0 bridgehead atoms. The summed E-state index contributed by atoms with van der Waals surface area (Å²) in [5.41, 5.74) is 0.450. The largest absolute Gasteiger partial charge is 0.461 e. The molecule has 0 saturated heterocycles. The van der Waals surface area contributed by atoms with Gasteiger partial charge >= 0.3 is 5.97 Å². The molecule has 0 fully saturated rings. The van der Waals surface area contributed by atoms with Crippen LogP contribution < -0.4 is 0 Å². The summed E-state index contributed by atoms with van der Waals surface area (Å²) in [5, 5.41) is 0. The van der Waals surface area contributed by atoms with Crippen LogP contribution in [-0.2, 0) is 9.53 Å². The van der Waals surface area contributed by atoms with Crippen LogP contribution >= 0.6 is 0 Å². The molecule has 0 saturated carbocycles. The summed E-state index contributed by atoms with van der Waals surface area (Å²) in [6.45, 7) is 8.33. The third kappa shape index (κ3) is 8.15. The second-order valence-electron chi connectivity index (χ2n) is 4.02. The Morgan fingerprint density at radius 2 is 1.80 bits per heavy atom. The van der Waals surface area contributed by atoms with E-state index in [1.54, 1.807) is 6.92 Å². The fraction of sp³-hybridized carbons (Fsp3) is 0.727. The number of carbonyl (C=O) groups excluding carboxylic acids is 1. The van der Waals surface area contributed by atoms with Gasteiger partial charge in [0.25, 0.3) is 0 Å². The maximum absolute atomic E-state index is 11.0. The van der Waals surface area contributed by atoms with E-state index in [0.29, 0.717) is 12.2 Å². The Balaban J connectivity index is 3.50. The molecule has 15 heavy (non-hydrogen) atoms. The molecule has 0 spiro atoms. The van der Waals surface area contributed by atoms with Gasteiger partial charge in [0.2, 0.25) is 0 Å². The van der Waals surface area contributed by atoms with Crippen LogP contribution in [0.25, 0.3) is 0 Å². The molecular weight excluding hydrogens is 192 g/mol. The number of carbonyl (C=O) groups is 1. The molecule has 0 heterocycles. The zero-order valence-electron chi connectivity index (χ0n) is 10.2. The highest BCUT2D eigenvalue weighted by Gasteiger charge is 2.04. The summed E-state index contributed by atoms with van der Waals surface area (Å²) < 4.78 is 4.99. The van der Waals surface area contributed by atoms with Crippen molar-refractivity contribution in [2.45, 2.75) is 6.92 Å². The first-order valence-corrected chi connectivity index (χ1v) is 5.09. The van der Waals surface area contributed by atoms with Crippen LogP contribution in [0.4, 0.5) is 0 Å². The van der Waals surface area contributed by atoms with Gasteiger partial charge in [-0.2, -0.15) is 0 Å². The highest BCUT2D eigenvalue weighted by Crippen LogP contribution is 1.92. The van der Waals surface area contributed by atoms with Gasteiger partial charge in [0.05, 0.1) is 0 Å². The SMILES string of the molecule is C=C(C)C(=O)OCCN(C)CCN(C)C.